The molecule has 1 aliphatic rings. The van der Waals surface area contributed by atoms with Crippen molar-refractivity contribution < 1.29 is 9.53 Å². The van der Waals surface area contributed by atoms with Crippen molar-refractivity contribution in [3.63, 3.8) is 0 Å². The van der Waals surface area contributed by atoms with Crippen molar-refractivity contribution in [2.75, 3.05) is 17.7 Å². The maximum absolute atomic E-state index is 12.5. The lowest BCUT2D eigenvalue weighted by atomic mass is 9.88. The SMILES string of the molecule is COC(=O)c1c(NC(=S)Nc2cnn(Cc3cccc4ccccc34)c2)sc2c1CCC(C)C2. The minimum Gasteiger partial charge on any atom is -0.465 e. The van der Waals surface area contributed by atoms with Crippen LogP contribution in [0.15, 0.2) is 54.9 Å². The van der Waals surface area contributed by atoms with Gasteiger partial charge in [0, 0.05) is 11.1 Å². The van der Waals surface area contributed by atoms with Crippen molar-refractivity contribution in [2.45, 2.75) is 32.7 Å². The molecule has 34 heavy (non-hydrogen) atoms. The van der Waals surface area contributed by atoms with Crippen LogP contribution >= 0.6 is 23.6 Å². The Kier molecular flexibility index (Phi) is 6.34. The Morgan fingerprint density at radius 1 is 1.24 bits per heavy atom. The van der Waals surface area contributed by atoms with E-state index in [2.05, 4.69) is 59.1 Å². The summed E-state index contributed by atoms with van der Waals surface area (Å²) in [5.41, 5.74) is 3.70. The average Bonchev–Trinajstić information content (AvgIpc) is 3.41. The van der Waals surface area contributed by atoms with Crippen LogP contribution in [0.2, 0.25) is 0 Å². The van der Waals surface area contributed by atoms with E-state index >= 15 is 0 Å². The summed E-state index contributed by atoms with van der Waals surface area (Å²) < 4.78 is 6.96. The number of anilines is 2. The van der Waals surface area contributed by atoms with E-state index in [0.29, 0.717) is 23.1 Å². The van der Waals surface area contributed by atoms with Gasteiger partial charge in [-0.3, -0.25) is 4.68 Å². The van der Waals surface area contributed by atoms with Gasteiger partial charge in [-0.1, -0.05) is 49.4 Å². The van der Waals surface area contributed by atoms with Crippen LogP contribution in [0.4, 0.5) is 10.7 Å². The lowest BCUT2D eigenvalue weighted by molar-refractivity contribution is 0.0601. The summed E-state index contributed by atoms with van der Waals surface area (Å²) in [4.78, 5) is 13.8. The Morgan fingerprint density at radius 2 is 2.06 bits per heavy atom. The van der Waals surface area contributed by atoms with E-state index < -0.39 is 0 Å². The number of rotatable bonds is 5. The maximum Gasteiger partial charge on any atom is 0.341 e. The lowest BCUT2D eigenvalue weighted by Crippen LogP contribution is -2.20. The van der Waals surface area contributed by atoms with E-state index in [4.69, 9.17) is 17.0 Å². The minimum absolute atomic E-state index is 0.319. The van der Waals surface area contributed by atoms with Crippen LogP contribution in [0.25, 0.3) is 10.8 Å². The Bertz CT molecular complexity index is 1370. The first-order chi connectivity index (χ1) is 16.5. The van der Waals surface area contributed by atoms with Crippen LogP contribution in [0.5, 0.6) is 0 Å². The second-order valence-corrected chi connectivity index (χ2v) is 10.2. The van der Waals surface area contributed by atoms with Gasteiger partial charge in [0.2, 0.25) is 0 Å². The number of hydrogen-bond donors (Lipinski definition) is 2. The monoisotopic (exact) mass is 490 g/mol. The highest BCUT2D eigenvalue weighted by atomic mass is 32.1. The number of carbonyl (C=O) groups is 1. The molecule has 0 bridgehead atoms. The molecule has 1 unspecified atom stereocenters. The Balaban J connectivity index is 1.30. The Hall–Kier alpha value is -3.23. The van der Waals surface area contributed by atoms with Crippen molar-refractivity contribution >= 4 is 56.1 Å². The molecule has 2 heterocycles. The first kappa shape index (κ1) is 22.6. The summed E-state index contributed by atoms with van der Waals surface area (Å²) >= 11 is 7.16. The van der Waals surface area contributed by atoms with Crippen molar-refractivity contribution in [3.05, 3.63) is 76.4 Å². The van der Waals surface area contributed by atoms with Crippen LogP contribution in [0.1, 0.15) is 39.7 Å². The number of methoxy groups -OCH3 is 1. The third-order valence-electron chi connectivity index (χ3n) is 6.23. The first-order valence-electron chi connectivity index (χ1n) is 11.3. The minimum atomic E-state index is -0.319. The number of fused-ring (bicyclic) bond motifs is 2. The third-order valence-corrected chi connectivity index (χ3v) is 7.61. The summed E-state index contributed by atoms with van der Waals surface area (Å²) in [7, 11) is 1.42. The third kappa shape index (κ3) is 4.56. The molecule has 0 radical (unpaired) electrons. The topological polar surface area (TPSA) is 68.2 Å². The van der Waals surface area contributed by atoms with Crippen molar-refractivity contribution in [1.29, 1.82) is 0 Å². The summed E-state index contributed by atoms with van der Waals surface area (Å²) in [6, 6.07) is 14.7. The van der Waals surface area contributed by atoms with Gasteiger partial charge in [-0.05, 0) is 59.3 Å². The van der Waals surface area contributed by atoms with Crippen molar-refractivity contribution in [1.82, 2.24) is 9.78 Å². The highest BCUT2D eigenvalue weighted by Gasteiger charge is 2.28. The van der Waals surface area contributed by atoms with Gasteiger partial charge in [-0.2, -0.15) is 5.10 Å². The standard InChI is InChI=1S/C26H26N4O2S2/c1-16-10-11-21-22(12-16)34-24(23(21)25(31)32-2)29-26(33)28-19-13-27-30(15-19)14-18-8-5-7-17-6-3-4-9-20(17)18/h3-9,13,15-16H,10-12,14H2,1-2H3,(H2,28,29,33). The molecule has 0 saturated carbocycles. The van der Waals surface area contributed by atoms with Crippen LogP contribution in [0, 0.1) is 5.92 Å². The van der Waals surface area contributed by atoms with Gasteiger partial charge in [0.15, 0.2) is 5.11 Å². The number of thiophene rings is 1. The molecule has 2 N–H and O–H groups in total. The van der Waals surface area contributed by atoms with Crippen molar-refractivity contribution in [2.24, 2.45) is 5.92 Å². The summed E-state index contributed by atoms with van der Waals surface area (Å²) in [6.07, 6.45) is 6.62. The Morgan fingerprint density at radius 3 is 2.91 bits per heavy atom. The zero-order chi connectivity index (χ0) is 23.7. The lowest BCUT2D eigenvalue weighted by Gasteiger charge is -2.18. The molecule has 2 aromatic heterocycles. The quantitative estimate of drug-likeness (QED) is 0.270. The average molecular weight is 491 g/mol. The maximum atomic E-state index is 12.5. The van der Waals surface area contributed by atoms with Crippen molar-refractivity contribution in [3.8, 4) is 0 Å². The van der Waals surface area contributed by atoms with E-state index in [1.54, 1.807) is 17.5 Å². The fourth-order valence-corrected chi connectivity index (χ4v) is 6.23. The number of aromatic nitrogens is 2. The molecule has 5 rings (SSSR count). The number of nitrogens with zero attached hydrogens (tertiary/aromatic N) is 2. The van der Waals surface area contributed by atoms with Gasteiger partial charge in [0.25, 0.3) is 0 Å². The second kappa shape index (κ2) is 9.56. The number of thiocarbonyl (C=S) groups is 1. The molecule has 1 aliphatic carbocycles. The summed E-state index contributed by atoms with van der Waals surface area (Å²) in [5.74, 6) is 0.294. The molecule has 1 atom stereocenters. The molecule has 0 fully saturated rings. The number of esters is 1. The number of ether oxygens (including phenoxy) is 1. The van der Waals surface area contributed by atoms with Gasteiger partial charge in [-0.25, -0.2) is 4.79 Å². The zero-order valence-corrected chi connectivity index (χ0v) is 20.8. The van der Waals surface area contributed by atoms with E-state index in [0.717, 1.165) is 35.5 Å². The fraction of sp³-hybridized carbons (Fsp3) is 0.269. The molecule has 8 heteroatoms. The Labute approximate surface area is 207 Å². The molecule has 0 amide bonds. The largest absolute Gasteiger partial charge is 0.465 e. The molecular weight excluding hydrogens is 464 g/mol. The number of hydrogen-bond acceptors (Lipinski definition) is 5. The van der Waals surface area contributed by atoms with Gasteiger partial charge >= 0.3 is 5.97 Å². The van der Waals surface area contributed by atoms with Gasteiger partial charge in [-0.15, -0.1) is 11.3 Å². The molecule has 0 spiro atoms. The number of benzene rings is 2. The highest BCUT2D eigenvalue weighted by molar-refractivity contribution is 7.80. The molecule has 0 saturated heterocycles. The predicted octanol–water partition coefficient (Wildman–Crippen LogP) is 5.87. The van der Waals surface area contributed by atoms with Gasteiger partial charge in [0.1, 0.15) is 5.00 Å². The van der Waals surface area contributed by atoms with E-state index in [1.807, 2.05) is 16.9 Å². The van der Waals surface area contributed by atoms with Crippen LogP contribution in [-0.2, 0) is 24.1 Å². The smallest absolute Gasteiger partial charge is 0.341 e. The molecule has 4 aromatic rings. The fourth-order valence-electron chi connectivity index (χ4n) is 4.54. The molecular formula is C26H26N4O2S2. The molecule has 174 valence electrons. The van der Waals surface area contributed by atoms with E-state index in [1.165, 1.54) is 28.3 Å². The van der Waals surface area contributed by atoms with E-state index in [9.17, 15) is 4.79 Å². The predicted molar refractivity (Wildman–Crippen MR) is 142 cm³/mol. The van der Waals surface area contributed by atoms with Crippen LogP contribution in [-0.4, -0.2) is 28.0 Å². The molecule has 2 aromatic carbocycles. The normalized spacial score (nSPS) is 15.1. The van der Waals surface area contributed by atoms with Crippen LogP contribution < -0.4 is 10.6 Å². The summed E-state index contributed by atoms with van der Waals surface area (Å²) in [5, 5.41) is 14.5. The highest BCUT2D eigenvalue weighted by Crippen LogP contribution is 2.40. The van der Waals surface area contributed by atoms with Gasteiger partial charge < -0.3 is 15.4 Å². The summed E-state index contributed by atoms with van der Waals surface area (Å²) in [6.45, 7) is 2.90. The van der Waals surface area contributed by atoms with E-state index in [-0.39, 0.29) is 5.97 Å². The zero-order valence-electron chi connectivity index (χ0n) is 19.1. The second-order valence-electron chi connectivity index (χ2n) is 8.69. The van der Waals surface area contributed by atoms with Gasteiger partial charge in [0.05, 0.1) is 31.1 Å². The first-order valence-corrected chi connectivity index (χ1v) is 12.5. The van der Waals surface area contributed by atoms with Crippen LogP contribution in [0.3, 0.4) is 0 Å². The molecule has 6 nitrogen and oxygen atoms in total. The number of nitrogens with one attached hydrogen (secondary N) is 2. The number of carbonyl (C=O) groups excluding carboxylic acids is 1. The molecule has 0 aliphatic heterocycles.